The van der Waals surface area contributed by atoms with Gasteiger partial charge in [0.05, 0.1) is 5.60 Å². The van der Waals surface area contributed by atoms with Crippen molar-refractivity contribution in [1.82, 2.24) is 0 Å². The van der Waals surface area contributed by atoms with Crippen molar-refractivity contribution in [2.75, 3.05) is 0 Å². The van der Waals surface area contributed by atoms with E-state index in [4.69, 9.17) is 0 Å². The minimum Gasteiger partial charge on any atom is -0.386 e. The highest BCUT2D eigenvalue weighted by Crippen LogP contribution is 2.60. The Labute approximate surface area is 139 Å². The SMILES string of the molecule is C=CC(C)(O)CCC1(C)C(C)C(=O)CC2(C)C(C)=CC(=O)CC21. The van der Waals surface area contributed by atoms with Crippen molar-refractivity contribution in [2.45, 2.75) is 65.9 Å². The second kappa shape index (κ2) is 5.70. The molecule has 2 rings (SSSR count). The molecule has 23 heavy (non-hydrogen) atoms. The van der Waals surface area contributed by atoms with Crippen LogP contribution in [-0.2, 0) is 9.59 Å². The van der Waals surface area contributed by atoms with E-state index in [1.165, 1.54) is 0 Å². The van der Waals surface area contributed by atoms with E-state index in [2.05, 4.69) is 20.4 Å². The Morgan fingerprint density at radius 2 is 2.04 bits per heavy atom. The average Bonchev–Trinajstić information content (AvgIpc) is 2.47. The Balaban J connectivity index is 2.43. The van der Waals surface area contributed by atoms with Crippen LogP contribution in [0.2, 0.25) is 0 Å². The molecule has 1 saturated carbocycles. The van der Waals surface area contributed by atoms with Gasteiger partial charge in [0.1, 0.15) is 5.78 Å². The molecule has 0 saturated heterocycles. The molecule has 1 N–H and O–H groups in total. The van der Waals surface area contributed by atoms with Crippen molar-refractivity contribution in [1.29, 1.82) is 0 Å². The molecular formula is C20H30O3. The molecule has 2 aliphatic rings. The topological polar surface area (TPSA) is 54.4 Å². The summed E-state index contributed by atoms with van der Waals surface area (Å²) in [5, 5.41) is 10.3. The van der Waals surface area contributed by atoms with Crippen LogP contribution in [0.4, 0.5) is 0 Å². The van der Waals surface area contributed by atoms with Crippen molar-refractivity contribution >= 4 is 11.6 Å². The van der Waals surface area contributed by atoms with E-state index < -0.39 is 5.60 Å². The standard InChI is InChI=1S/C20H30O3/c1-7-18(4,23)8-9-19(5)14(3)16(22)12-20(6)13(2)10-15(21)11-17(19)20/h7,10,14,17,23H,1,8-9,11-12H2,2-6H3. The van der Waals surface area contributed by atoms with Crippen molar-refractivity contribution in [3.63, 3.8) is 0 Å². The second-order valence-corrected chi connectivity index (χ2v) is 8.40. The molecule has 0 amide bonds. The molecule has 0 spiro atoms. The predicted molar refractivity (Wildman–Crippen MR) is 91.9 cm³/mol. The van der Waals surface area contributed by atoms with Gasteiger partial charge in [-0.25, -0.2) is 0 Å². The van der Waals surface area contributed by atoms with Gasteiger partial charge >= 0.3 is 0 Å². The molecule has 0 aliphatic heterocycles. The third-order valence-corrected chi connectivity index (χ3v) is 6.87. The molecule has 0 aromatic carbocycles. The first-order valence-corrected chi connectivity index (χ1v) is 8.56. The zero-order valence-electron chi connectivity index (χ0n) is 15.1. The predicted octanol–water partition coefficient (Wildman–Crippen LogP) is 3.86. The van der Waals surface area contributed by atoms with Crippen LogP contribution in [0.1, 0.15) is 60.3 Å². The fourth-order valence-electron chi connectivity index (χ4n) is 4.59. The molecule has 128 valence electrons. The second-order valence-electron chi connectivity index (χ2n) is 8.40. The first kappa shape index (κ1) is 18.1. The normalized spacial score (nSPS) is 40.2. The molecule has 3 heteroatoms. The number of ketones is 2. The number of hydrogen-bond acceptors (Lipinski definition) is 3. The highest BCUT2D eigenvalue weighted by molar-refractivity contribution is 5.93. The summed E-state index contributed by atoms with van der Waals surface area (Å²) in [7, 11) is 0. The third-order valence-electron chi connectivity index (χ3n) is 6.87. The zero-order valence-corrected chi connectivity index (χ0v) is 15.1. The van der Waals surface area contributed by atoms with Gasteiger partial charge in [-0.05, 0) is 49.5 Å². The Morgan fingerprint density at radius 3 is 2.61 bits per heavy atom. The van der Waals surface area contributed by atoms with E-state index in [1.54, 1.807) is 19.1 Å². The van der Waals surface area contributed by atoms with Crippen molar-refractivity contribution < 1.29 is 14.7 Å². The molecule has 3 nitrogen and oxygen atoms in total. The minimum atomic E-state index is -0.941. The fraction of sp³-hybridized carbons (Fsp3) is 0.700. The van der Waals surface area contributed by atoms with Gasteiger partial charge in [0.15, 0.2) is 5.78 Å². The maximum atomic E-state index is 12.7. The minimum absolute atomic E-state index is 0.0973. The van der Waals surface area contributed by atoms with Crippen LogP contribution in [0.5, 0.6) is 0 Å². The van der Waals surface area contributed by atoms with Crippen LogP contribution in [0.3, 0.4) is 0 Å². The van der Waals surface area contributed by atoms with Crippen LogP contribution < -0.4 is 0 Å². The summed E-state index contributed by atoms with van der Waals surface area (Å²) in [5.74, 6) is 0.473. The molecule has 0 radical (unpaired) electrons. The molecule has 0 bridgehead atoms. The number of carbonyl (C=O) groups is 2. The lowest BCUT2D eigenvalue weighted by Crippen LogP contribution is -2.54. The number of fused-ring (bicyclic) bond motifs is 1. The first-order valence-electron chi connectivity index (χ1n) is 8.56. The smallest absolute Gasteiger partial charge is 0.155 e. The Bertz CT molecular complexity index is 571. The number of allylic oxidation sites excluding steroid dienone is 2. The van der Waals surface area contributed by atoms with Crippen molar-refractivity contribution in [3.8, 4) is 0 Å². The van der Waals surface area contributed by atoms with E-state index in [-0.39, 0.29) is 34.2 Å². The number of Topliss-reactive ketones (excluding diaryl/α,β-unsaturated/α-hetero) is 1. The Hall–Kier alpha value is -1.22. The summed E-state index contributed by atoms with van der Waals surface area (Å²) >= 11 is 0. The summed E-state index contributed by atoms with van der Waals surface area (Å²) in [6.45, 7) is 13.7. The molecule has 0 aromatic rings. The number of aliphatic hydroxyl groups is 1. The van der Waals surface area contributed by atoms with Gasteiger partial charge in [-0.2, -0.15) is 0 Å². The van der Waals surface area contributed by atoms with E-state index in [9.17, 15) is 14.7 Å². The highest BCUT2D eigenvalue weighted by Gasteiger charge is 2.57. The molecule has 5 unspecified atom stereocenters. The maximum Gasteiger partial charge on any atom is 0.155 e. The highest BCUT2D eigenvalue weighted by atomic mass is 16.3. The van der Waals surface area contributed by atoms with Gasteiger partial charge in [-0.15, -0.1) is 6.58 Å². The van der Waals surface area contributed by atoms with Gasteiger partial charge in [-0.1, -0.05) is 32.4 Å². The van der Waals surface area contributed by atoms with E-state index in [0.29, 0.717) is 25.7 Å². The molecular weight excluding hydrogens is 288 g/mol. The largest absolute Gasteiger partial charge is 0.386 e. The van der Waals surface area contributed by atoms with Gasteiger partial charge < -0.3 is 5.11 Å². The molecule has 1 fully saturated rings. The number of carbonyl (C=O) groups excluding carboxylic acids is 2. The lowest BCUT2D eigenvalue weighted by molar-refractivity contribution is -0.146. The van der Waals surface area contributed by atoms with Crippen LogP contribution in [0.25, 0.3) is 0 Å². The first-order chi connectivity index (χ1) is 10.5. The van der Waals surface area contributed by atoms with Gasteiger partial charge in [-0.3, -0.25) is 9.59 Å². The van der Waals surface area contributed by atoms with E-state index >= 15 is 0 Å². The molecule has 0 heterocycles. The van der Waals surface area contributed by atoms with Crippen LogP contribution in [0.15, 0.2) is 24.3 Å². The third kappa shape index (κ3) is 2.96. The maximum absolute atomic E-state index is 12.7. The summed E-state index contributed by atoms with van der Waals surface area (Å²) in [6.07, 6.45) is 5.55. The summed E-state index contributed by atoms with van der Waals surface area (Å²) in [4.78, 5) is 24.9. The monoisotopic (exact) mass is 318 g/mol. The zero-order chi connectivity index (χ0) is 17.6. The lowest BCUT2D eigenvalue weighted by atomic mass is 9.46. The lowest BCUT2D eigenvalue weighted by Gasteiger charge is -2.57. The van der Waals surface area contributed by atoms with Crippen molar-refractivity contribution in [2.24, 2.45) is 22.7 Å². The van der Waals surface area contributed by atoms with E-state index in [0.717, 1.165) is 5.57 Å². The molecule has 0 aromatic heterocycles. The van der Waals surface area contributed by atoms with Crippen LogP contribution in [-0.4, -0.2) is 22.3 Å². The van der Waals surface area contributed by atoms with Crippen LogP contribution >= 0.6 is 0 Å². The Morgan fingerprint density at radius 1 is 1.43 bits per heavy atom. The van der Waals surface area contributed by atoms with Crippen molar-refractivity contribution in [3.05, 3.63) is 24.3 Å². The average molecular weight is 318 g/mol. The molecule has 5 atom stereocenters. The Kier molecular flexibility index (Phi) is 4.49. The van der Waals surface area contributed by atoms with Crippen LogP contribution in [0, 0.1) is 22.7 Å². The number of hydrogen-bond donors (Lipinski definition) is 1. The molecule has 2 aliphatic carbocycles. The van der Waals surface area contributed by atoms with Gasteiger partial charge in [0.2, 0.25) is 0 Å². The van der Waals surface area contributed by atoms with Gasteiger partial charge in [0.25, 0.3) is 0 Å². The summed E-state index contributed by atoms with van der Waals surface area (Å²) in [5.41, 5.74) is -0.446. The quantitative estimate of drug-likeness (QED) is 0.801. The fourth-order valence-corrected chi connectivity index (χ4v) is 4.59. The number of rotatable bonds is 4. The van der Waals surface area contributed by atoms with Gasteiger partial charge in [0, 0.05) is 18.8 Å². The summed E-state index contributed by atoms with van der Waals surface area (Å²) < 4.78 is 0. The van der Waals surface area contributed by atoms with E-state index in [1.807, 2.05) is 13.8 Å². The summed E-state index contributed by atoms with van der Waals surface area (Å²) in [6, 6.07) is 0.